The summed E-state index contributed by atoms with van der Waals surface area (Å²) in [4.78, 5) is 13.0. The Morgan fingerprint density at radius 3 is 2.04 bits per heavy atom. The van der Waals surface area contributed by atoms with Gasteiger partial charge < -0.3 is 10.6 Å². The topological polar surface area (TPSA) is 78.5 Å². The lowest BCUT2D eigenvalue weighted by molar-refractivity contribution is 0.262. The monoisotopic (exact) mass is 401 g/mol. The molecule has 2 N–H and O–H groups in total. The molecule has 0 fully saturated rings. The Morgan fingerprint density at radius 1 is 0.889 bits per heavy atom. The molecule has 1 aromatic heterocycles. The number of hydrogen-bond donors (Lipinski definition) is 2. The van der Waals surface area contributed by atoms with Gasteiger partial charge in [-0.1, -0.05) is 18.2 Å². The first-order chi connectivity index (χ1) is 12.9. The molecule has 2 amide bonds. The molecule has 0 aliphatic rings. The van der Waals surface area contributed by atoms with Crippen LogP contribution in [0.3, 0.4) is 0 Å². The van der Waals surface area contributed by atoms with Crippen LogP contribution in [0.2, 0.25) is 0 Å². The van der Waals surface area contributed by atoms with Crippen molar-refractivity contribution in [3.8, 4) is 0 Å². The number of carbonyl (C=O) groups excluding carboxylic acids is 1. The molecule has 0 aliphatic heterocycles. The average Bonchev–Trinajstić information content (AvgIpc) is 3.10. The van der Waals surface area contributed by atoms with E-state index in [1.165, 1.54) is 22.7 Å². The summed E-state index contributed by atoms with van der Waals surface area (Å²) < 4.78 is 26.9. The Balaban J connectivity index is 1.68. The van der Waals surface area contributed by atoms with Crippen LogP contribution >= 0.6 is 11.3 Å². The first-order valence-corrected chi connectivity index (χ1v) is 10.4. The number of benzene rings is 2. The standard InChI is InChI=1S/C19H19N3O3S2/c1-14-8-13-18(26-14)27(24,25)22(2)17-11-9-16(10-12-17)21-19(23)20-15-6-4-3-5-7-15/h3-13H,1-2H3,(H2,20,21,23). The third kappa shape index (κ3) is 4.47. The van der Waals surface area contributed by atoms with Crippen molar-refractivity contribution in [2.24, 2.45) is 0 Å². The van der Waals surface area contributed by atoms with Crippen molar-refractivity contribution >= 4 is 44.5 Å². The van der Waals surface area contributed by atoms with Gasteiger partial charge in [0.2, 0.25) is 0 Å². The predicted octanol–water partition coefficient (Wildman–Crippen LogP) is 4.53. The molecule has 0 radical (unpaired) electrons. The third-order valence-electron chi connectivity index (χ3n) is 3.85. The van der Waals surface area contributed by atoms with Crippen molar-refractivity contribution < 1.29 is 13.2 Å². The highest BCUT2D eigenvalue weighted by Gasteiger charge is 2.22. The van der Waals surface area contributed by atoms with Gasteiger partial charge in [0.05, 0.1) is 5.69 Å². The predicted molar refractivity (Wildman–Crippen MR) is 110 cm³/mol. The summed E-state index contributed by atoms with van der Waals surface area (Å²) in [5, 5.41) is 5.44. The van der Waals surface area contributed by atoms with Gasteiger partial charge in [-0.25, -0.2) is 13.2 Å². The SMILES string of the molecule is Cc1ccc(S(=O)(=O)N(C)c2ccc(NC(=O)Nc3ccccc3)cc2)s1. The molecule has 0 saturated carbocycles. The number of amides is 2. The highest BCUT2D eigenvalue weighted by Crippen LogP contribution is 2.28. The first kappa shape index (κ1) is 18.9. The van der Waals surface area contributed by atoms with Crippen molar-refractivity contribution in [1.29, 1.82) is 0 Å². The number of carbonyl (C=O) groups is 1. The molecule has 0 aliphatic carbocycles. The second-order valence-electron chi connectivity index (χ2n) is 5.83. The lowest BCUT2D eigenvalue weighted by atomic mass is 10.3. The summed E-state index contributed by atoms with van der Waals surface area (Å²) in [6.07, 6.45) is 0. The molecule has 3 rings (SSSR count). The number of para-hydroxylation sites is 1. The molecule has 0 unspecified atom stereocenters. The Morgan fingerprint density at radius 2 is 1.48 bits per heavy atom. The summed E-state index contributed by atoms with van der Waals surface area (Å²) in [7, 11) is -2.09. The number of urea groups is 1. The van der Waals surface area contributed by atoms with Crippen LogP contribution in [0, 0.1) is 6.92 Å². The number of rotatable bonds is 5. The second kappa shape index (κ2) is 7.81. The van der Waals surface area contributed by atoms with Crippen LogP contribution in [0.5, 0.6) is 0 Å². The maximum atomic E-state index is 12.7. The molecular weight excluding hydrogens is 382 g/mol. The lowest BCUT2D eigenvalue weighted by Crippen LogP contribution is -2.25. The van der Waals surface area contributed by atoms with Gasteiger partial charge in [-0.15, -0.1) is 11.3 Å². The van der Waals surface area contributed by atoms with Gasteiger partial charge in [0, 0.05) is 23.3 Å². The molecule has 27 heavy (non-hydrogen) atoms. The highest BCUT2D eigenvalue weighted by molar-refractivity contribution is 7.94. The van der Waals surface area contributed by atoms with Crippen LogP contribution in [0.1, 0.15) is 4.88 Å². The first-order valence-electron chi connectivity index (χ1n) is 8.15. The van der Waals surface area contributed by atoms with Crippen LogP contribution in [-0.2, 0) is 10.0 Å². The largest absolute Gasteiger partial charge is 0.323 e. The average molecular weight is 402 g/mol. The number of nitrogens with zero attached hydrogens (tertiary/aromatic N) is 1. The van der Waals surface area contributed by atoms with Crippen molar-refractivity contribution in [2.45, 2.75) is 11.1 Å². The summed E-state index contributed by atoms with van der Waals surface area (Å²) >= 11 is 1.24. The van der Waals surface area contributed by atoms with E-state index in [0.29, 0.717) is 21.3 Å². The summed E-state index contributed by atoms with van der Waals surface area (Å²) in [6.45, 7) is 1.87. The number of thiophene rings is 1. The van der Waals surface area contributed by atoms with Crippen molar-refractivity contribution in [3.05, 3.63) is 71.6 Å². The van der Waals surface area contributed by atoms with E-state index >= 15 is 0 Å². The zero-order valence-corrected chi connectivity index (χ0v) is 16.5. The Bertz CT molecular complexity index is 1030. The number of anilines is 3. The van der Waals surface area contributed by atoms with E-state index in [4.69, 9.17) is 0 Å². The number of sulfonamides is 1. The number of aryl methyl sites for hydroxylation is 1. The molecule has 3 aromatic rings. The molecule has 2 aromatic carbocycles. The van der Waals surface area contributed by atoms with Crippen LogP contribution in [0.15, 0.2) is 70.9 Å². The second-order valence-corrected chi connectivity index (χ2v) is 9.31. The van der Waals surface area contributed by atoms with E-state index in [9.17, 15) is 13.2 Å². The Labute approximate surface area is 162 Å². The molecule has 1 heterocycles. The Hall–Kier alpha value is -2.84. The van der Waals surface area contributed by atoms with Crippen LogP contribution in [0.25, 0.3) is 0 Å². The van der Waals surface area contributed by atoms with Crippen molar-refractivity contribution in [1.82, 2.24) is 0 Å². The molecule has 6 nitrogen and oxygen atoms in total. The van der Waals surface area contributed by atoms with Gasteiger partial charge in [-0.2, -0.15) is 0 Å². The van der Waals surface area contributed by atoms with Crippen LogP contribution in [0.4, 0.5) is 21.9 Å². The lowest BCUT2D eigenvalue weighted by Gasteiger charge is -2.19. The van der Waals surface area contributed by atoms with Crippen molar-refractivity contribution in [2.75, 3.05) is 22.0 Å². The zero-order chi connectivity index (χ0) is 19.4. The molecule has 0 spiro atoms. The van der Waals surface area contributed by atoms with Gasteiger partial charge in [0.15, 0.2) is 0 Å². The van der Waals surface area contributed by atoms with Gasteiger partial charge in [-0.3, -0.25) is 4.31 Å². The Kier molecular flexibility index (Phi) is 5.48. The smallest absolute Gasteiger partial charge is 0.308 e. The molecule has 140 valence electrons. The van der Waals surface area contributed by atoms with E-state index in [-0.39, 0.29) is 6.03 Å². The zero-order valence-electron chi connectivity index (χ0n) is 14.8. The van der Waals surface area contributed by atoms with E-state index in [1.54, 1.807) is 48.5 Å². The van der Waals surface area contributed by atoms with Crippen molar-refractivity contribution in [3.63, 3.8) is 0 Å². The highest BCUT2D eigenvalue weighted by atomic mass is 32.2. The quantitative estimate of drug-likeness (QED) is 0.659. The third-order valence-corrected chi connectivity index (χ3v) is 7.10. The minimum atomic E-state index is -3.60. The fourth-order valence-electron chi connectivity index (χ4n) is 2.39. The maximum Gasteiger partial charge on any atom is 0.323 e. The van der Waals surface area contributed by atoms with E-state index < -0.39 is 10.0 Å². The van der Waals surface area contributed by atoms with Crippen LogP contribution < -0.4 is 14.9 Å². The van der Waals surface area contributed by atoms with Gasteiger partial charge in [0.1, 0.15) is 4.21 Å². The van der Waals surface area contributed by atoms with E-state index in [0.717, 1.165) is 4.88 Å². The van der Waals surface area contributed by atoms with E-state index in [2.05, 4.69) is 10.6 Å². The van der Waals surface area contributed by atoms with Gasteiger partial charge in [-0.05, 0) is 55.5 Å². The van der Waals surface area contributed by atoms with Gasteiger partial charge in [0.25, 0.3) is 10.0 Å². The molecular formula is C19H19N3O3S2. The normalized spacial score (nSPS) is 11.0. The fraction of sp³-hybridized carbons (Fsp3) is 0.105. The fourth-order valence-corrected chi connectivity index (χ4v) is 5.04. The number of hydrogen-bond acceptors (Lipinski definition) is 4. The molecule has 0 saturated heterocycles. The molecule has 8 heteroatoms. The molecule has 0 atom stereocenters. The van der Waals surface area contributed by atoms with E-state index in [1.807, 2.05) is 25.1 Å². The minimum absolute atomic E-state index is 0.298. The molecule has 0 bridgehead atoms. The number of nitrogens with one attached hydrogen (secondary N) is 2. The summed E-state index contributed by atoms with van der Waals surface area (Å²) in [6, 6.07) is 18.7. The van der Waals surface area contributed by atoms with Crippen LogP contribution in [-0.4, -0.2) is 21.5 Å². The van der Waals surface area contributed by atoms with Gasteiger partial charge >= 0.3 is 6.03 Å². The summed E-state index contributed by atoms with van der Waals surface area (Å²) in [5.74, 6) is 0. The minimum Gasteiger partial charge on any atom is -0.308 e. The maximum absolute atomic E-state index is 12.7. The summed E-state index contributed by atoms with van der Waals surface area (Å²) in [5.41, 5.74) is 1.75.